The molecule has 15 aromatic carbocycles. The molecule has 0 aromatic heterocycles. The first-order chi connectivity index (χ1) is 50.4. The van der Waals surface area contributed by atoms with Crippen LogP contribution in [0.3, 0.4) is 0 Å². The molecule has 0 radical (unpaired) electrons. The highest BCUT2D eigenvalue weighted by Crippen LogP contribution is 2.72. The minimum Gasteiger partial charge on any atom is -0.311 e. The van der Waals surface area contributed by atoms with Gasteiger partial charge in [0.2, 0.25) is 0 Å². The summed E-state index contributed by atoms with van der Waals surface area (Å²) in [6.07, 6.45) is 0. The molecular weight excluding hydrogens is 1290 g/mol. The number of nitrogens with zero attached hydrogens (tertiary/aromatic N) is 8. The van der Waals surface area contributed by atoms with Crippen molar-refractivity contribution in [2.75, 3.05) is 38.3 Å². The lowest BCUT2D eigenvalue weighted by molar-refractivity contribution is 0.581. The van der Waals surface area contributed by atoms with E-state index in [9.17, 15) is 0 Å². The Hall–Kier alpha value is -12.8. The summed E-state index contributed by atoms with van der Waals surface area (Å²) in [5.41, 5.74) is 17.8. The zero-order chi connectivity index (χ0) is 68.4. The molecular formula is C90H68N8O2P2. The summed E-state index contributed by atoms with van der Waals surface area (Å²) >= 11 is 0. The Kier molecular flexibility index (Phi) is 16.7. The van der Waals surface area contributed by atoms with Crippen molar-refractivity contribution in [2.24, 2.45) is 0 Å². The monoisotopic (exact) mass is 1350 g/mol. The Morgan fingerprint density at radius 3 is 0.451 bits per heavy atom. The van der Waals surface area contributed by atoms with Gasteiger partial charge in [0.1, 0.15) is 0 Å². The molecule has 102 heavy (non-hydrogen) atoms. The van der Waals surface area contributed by atoms with E-state index in [1.165, 1.54) is 0 Å². The summed E-state index contributed by atoms with van der Waals surface area (Å²) in [6, 6.07) is 140. The molecule has 2 aliphatic rings. The van der Waals surface area contributed by atoms with Crippen LogP contribution >= 0.6 is 14.9 Å². The number of para-hydroxylation sites is 12. The highest BCUT2D eigenvalue weighted by Gasteiger charge is 2.52. The third-order valence-electron chi connectivity index (χ3n) is 18.8. The molecule has 0 bridgehead atoms. The number of hydrogen-bond donors (Lipinski definition) is 0. The number of anilines is 20. The van der Waals surface area contributed by atoms with Crippen molar-refractivity contribution in [3.63, 3.8) is 0 Å². The lowest BCUT2D eigenvalue weighted by atomic mass is 10.1. The van der Waals surface area contributed by atoms with Gasteiger partial charge in [-0.2, -0.15) is 0 Å². The minimum absolute atomic E-state index is 0.542. The number of hydrogen-bond acceptors (Lipinski definition) is 6. The maximum Gasteiger partial charge on any atom is 0.301 e. The average Bonchev–Trinajstić information content (AvgIpc) is 1.54. The summed E-state index contributed by atoms with van der Waals surface area (Å²) in [4.78, 5) is 8.92. The summed E-state index contributed by atoms with van der Waals surface area (Å²) < 4.78 is 44.2. The summed E-state index contributed by atoms with van der Waals surface area (Å²) in [5, 5.41) is 1.08. The zero-order valence-electron chi connectivity index (χ0n) is 55.5. The van der Waals surface area contributed by atoms with Crippen LogP contribution in [-0.2, 0) is 9.13 Å². The van der Waals surface area contributed by atoms with E-state index < -0.39 is 14.9 Å². The fourth-order valence-corrected chi connectivity index (χ4v) is 20.3. The highest BCUT2D eigenvalue weighted by atomic mass is 31.2. The molecule has 0 unspecified atom stereocenters. The van der Waals surface area contributed by atoms with Gasteiger partial charge < -0.3 is 19.6 Å². The van der Waals surface area contributed by atoms with Gasteiger partial charge >= 0.3 is 14.9 Å². The van der Waals surface area contributed by atoms with Gasteiger partial charge in [-0.15, -0.1) is 0 Å². The molecule has 0 spiro atoms. The van der Waals surface area contributed by atoms with Crippen molar-refractivity contribution in [1.29, 1.82) is 0 Å². The maximum atomic E-state index is 18.0. The quantitative estimate of drug-likeness (QED) is 0.0777. The zero-order valence-corrected chi connectivity index (χ0v) is 57.3. The van der Waals surface area contributed by atoms with Crippen LogP contribution in [-0.4, -0.2) is 0 Å². The second-order valence-electron chi connectivity index (χ2n) is 24.9. The lowest BCUT2D eigenvalue weighted by Gasteiger charge is -2.35. The first-order valence-electron chi connectivity index (χ1n) is 34.1. The predicted octanol–water partition coefficient (Wildman–Crippen LogP) is 25.2. The van der Waals surface area contributed by atoms with Gasteiger partial charge in [0, 0.05) is 91.0 Å². The van der Waals surface area contributed by atoms with Gasteiger partial charge in [0.05, 0.1) is 33.4 Å². The number of rotatable bonds is 18. The normalized spacial score (nSPS) is 13.3. The summed E-state index contributed by atoms with van der Waals surface area (Å²) in [6.45, 7) is 0. The summed E-state index contributed by atoms with van der Waals surface area (Å²) in [7, 11) is -8.15. The number of benzene rings is 15. The molecule has 2 heterocycles. The minimum atomic E-state index is -4.08. The summed E-state index contributed by atoms with van der Waals surface area (Å²) in [5.74, 6) is 0. The average molecular weight is 1360 g/mol. The molecule has 15 aromatic rings. The molecule has 0 aliphatic carbocycles. The predicted molar refractivity (Wildman–Crippen MR) is 427 cm³/mol. The Balaban J connectivity index is 0.826. The Morgan fingerprint density at radius 1 is 0.157 bits per heavy atom. The van der Waals surface area contributed by atoms with Crippen molar-refractivity contribution in [3.8, 4) is 0 Å². The van der Waals surface area contributed by atoms with Gasteiger partial charge in [-0.05, 0) is 243 Å². The second kappa shape index (κ2) is 27.1. The number of fused-ring (bicyclic) bond motifs is 2. The molecule has 0 amide bonds. The first-order valence-corrected chi connectivity index (χ1v) is 37.4. The smallest absolute Gasteiger partial charge is 0.301 e. The van der Waals surface area contributed by atoms with Crippen molar-refractivity contribution in [3.05, 3.63) is 413 Å². The van der Waals surface area contributed by atoms with Gasteiger partial charge in [0.15, 0.2) is 0 Å². The Bertz CT molecular complexity index is 4650. The molecule has 0 N–H and O–H groups in total. The molecule has 0 saturated carbocycles. The molecule has 10 nitrogen and oxygen atoms in total. The van der Waals surface area contributed by atoms with Crippen LogP contribution in [0.15, 0.2) is 413 Å². The lowest BCUT2D eigenvalue weighted by Crippen LogP contribution is -2.30. The molecule has 0 fully saturated rings. The third-order valence-corrected chi connectivity index (χ3v) is 24.7. The maximum absolute atomic E-state index is 18.0. The van der Waals surface area contributed by atoms with E-state index in [-0.39, 0.29) is 0 Å². The van der Waals surface area contributed by atoms with Crippen molar-refractivity contribution < 1.29 is 9.13 Å². The van der Waals surface area contributed by atoms with Gasteiger partial charge in [0.25, 0.3) is 0 Å². The molecule has 17 rings (SSSR count). The van der Waals surface area contributed by atoms with Gasteiger partial charge in [-0.3, -0.25) is 27.8 Å². The Morgan fingerprint density at radius 2 is 0.294 bits per heavy atom. The molecule has 2 aliphatic heterocycles. The van der Waals surface area contributed by atoms with E-state index >= 15 is 9.13 Å². The SMILES string of the molecule is O=P1(c2ccc(P3(=O)N(c4ccc(N(c5ccccc5)c5ccccc5)cc4)c4ccccc4N3c3ccc(N(c4ccccc4)c4ccccc4)cc3)cc2)N(c2ccc(N(c3ccccc3)c3ccccc3)cc2)c2ccccc2N1c1ccc(N(c2ccccc2)c2ccccc2)cc1. The van der Waals surface area contributed by atoms with E-state index in [1.807, 2.05) is 116 Å². The largest absolute Gasteiger partial charge is 0.311 e. The second-order valence-corrected chi connectivity index (χ2v) is 29.7. The van der Waals surface area contributed by atoms with Crippen molar-refractivity contribution in [1.82, 2.24) is 0 Å². The van der Waals surface area contributed by atoms with Crippen LogP contribution in [0.25, 0.3) is 0 Å². The van der Waals surface area contributed by atoms with Gasteiger partial charge in [-0.25, -0.2) is 0 Å². The van der Waals surface area contributed by atoms with Crippen LogP contribution in [0.1, 0.15) is 0 Å². The van der Waals surface area contributed by atoms with Crippen molar-refractivity contribution >= 4 is 139 Å². The van der Waals surface area contributed by atoms with E-state index in [2.05, 4.69) is 335 Å². The van der Waals surface area contributed by atoms with Crippen LogP contribution in [0.2, 0.25) is 0 Å². The van der Waals surface area contributed by atoms with E-state index in [1.54, 1.807) is 0 Å². The topological polar surface area (TPSA) is 60.1 Å². The van der Waals surface area contributed by atoms with Crippen LogP contribution in [0.5, 0.6) is 0 Å². The van der Waals surface area contributed by atoms with Crippen LogP contribution in [0.4, 0.5) is 114 Å². The van der Waals surface area contributed by atoms with Crippen molar-refractivity contribution in [2.45, 2.75) is 0 Å². The van der Waals surface area contributed by atoms with Crippen LogP contribution in [0, 0.1) is 0 Å². The van der Waals surface area contributed by atoms with E-state index in [4.69, 9.17) is 0 Å². The third kappa shape index (κ3) is 11.3. The first kappa shape index (κ1) is 62.7. The highest BCUT2D eigenvalue weighted by molar-refractivity contribution is 7.76. The fourth-order valence-electron chi connectivity index (χ4n) is 14.3. The standard InChI is InChI=1S/C90H68N8O2P2/c99-101(95(81-57-49-77(50-58-81)91(69-29-9-1-10-30-69)70-31-11-2-12-32-70)87-45-25-26-46-88(87)96(101)82-59-51-78(52-60-82)92(71-33-13-3-14-34-71)72-35-15-4-16-36-72)85-65-67-86(68-66-85)102(100)97(83-61-53-79(54-62-83)93(73-37-17-5-18-38-73)74-39-19-6-20-40-74)89-47-27-28-48-90(89)98(102)84-63-55-80(56-64-84)94(75-41-21-7-22-42-75)76-43-23-8-24-44-76/h1-68H. The molecule has 0 atom stereocenters. The molecule has 0 saturated heterocycles. The van der Waals surface area contributed by atoms with Crippen LogP contribution < -0.4 is 48.9 Å². The molecule has 12 heteroatoms. The van der Waals surface area contributed by atoms with E-state index in [0.717, 1.165) is 114 Å². The Labute approximate surface area is 595 Å². The van der Waals surface area contributed by atoms with E-state index in [0.29, 0.717) is 10.6 Å². The molecule has 490 valence electrons. The van der Waals surface area contributed by atoms with Gasteiger partial charge in [-0.1, -0.05) is 170 Å². The fraction of sp³-hybridized carbons (Fsp3) is 0.